The highest BCUT2D eigenvalue weighted by Gasteiger charge is 2.11. The number of rotatable bonds is 3. The van der Waals surface area contributed by atoms with E-state index in [1.54, 1.807) is 30.3 Å². The number of amides is 1. The average Bonchev–Trinajstić information content (AvgIpc) is 2.46. The lowest BCUT2D eigenvalue weighted by atomic mass is 10.1. The summed E-state index contributed by atoms with van der Waals surface area (Å²) in [6, 6.07) is 8.50. The van der Waals surface area contributed by atoms with Crippen LogP contribution in [0.1, 0.15) is 11.1 Å². The zero-order valence-corrected chi connectivity index (χ0v) is 14.7. The van der Waals surface area contributed by atoms with Gasteiger partial charge in [0.25, 0.3) is 0 Å². The van der Waals surface area contributed by atoms with Crippen molar-refractivity contribution in [2.75, 3.05) is 12.4 Å². The average molecular weight is 385 g/mol. The maximum atomic E-state index is 12.0. The first-order chi connectivity index (χ1) is 10.4. The number of hydrogen-bond donors (Lipinski definition) is 1. The maximum absolute atomic E-state index is 12.0. The third-order valence-corrected chi connectivity index (χ3v) is 4.51. The van der Waals surface area contributed by atoms with Gasteiger partial charge >= 0.3 is 6.09 Å². The summed E-state index contributed by atoms with van der Waals surface area (Å²) in [5, 5.41) is 3.16. The molecule has 0 spiro atoms. The molecule has 1 amide bonds. The van der Waals surface area contributed by atoms with Gasteiger partial charge in [-0.3, -0.25) is 5.32 Å². The van der Waals surface area contributed by atoms with Crippen molar-refractivity contribution in [3.05, 3.63) is 51.0 Å². The van der Waals surface area contributed by atoms with E-state index in [9.17, 15) is 4.79 Å². The summed E-state index contributed by atoms with van der Waals surface area (Å²) in [6.07, 6.45) is -0.596. The van der Waals surface area contributed by atoms with Crippen molar-refractivity contribution in [2.24, 2.45) is 0 Å². The summed E-state index contributed by atoms with van der Waals surface area (Å²) in [7, 11) is 1.50. The van der Waals surface area contributed by atoms with Gasteiger partial charge < -0.3 is 9.47 Å². The first kappa shape index (κ1) is 16.6. The lowest BCUT2D eigenvalue weighted by molar-refractivity contribution is 0.215. The minimum Gasteiger partial charge on any atom is -0.495 e. The Hall–Kier alpha value is -1.72. The molecule has 0 fully saturated rings. The van der Waals surface area contributed by atoms with Gasteiger partial charge in [0.1, 0.15) is 11.5 Å². The van der Waals surface area contributed by atoms with Gasteiger partial charge in [0, 0.05) is 15.6 Å². The molecule has 0 unspecified atom stereocenters. The third-order valence-electron chi connectivity index (χ3n) is 3.02. The van der Waals surface area contributed by atoms with Crippen molar-refractivity contribution in [1.29, 1.82) is 0 Å². The van der Waals surface area contributed by atoms with Crippen molar-refractivity contribution in [3.63, 3.8) is 0 Å². The van der Waals surface area contributed by atoms with Gasteiger partial charge in [0.2, 0.25) is 0 Å². The predicted molar refractivity (Wildman–Crippen MR) is 91.3 cm³/mol. The van der Waals surface area contributed by atoms with Crippen LogP contribution in [0.15, 0.2) is 34.8 Å². The van der Waals surface area contributed by atoms with Crippen LogP contribution < -0.4 is 14.8 Å². The molecule has 6 heteroatoms. The van der Waals surface area contributed by atoms with E-state index in [1.165, 1.54) is 7.11 Å². The number of anilines is 1. The molecule has 0 saturated carbocycles. The number of carbonyl (C=O) groups is 1. The quantitative estimate of drug-likeness (QED) is 0.777. The SMILES string of the molecule is COc1cc(Cl)ccc1NC(=O)Oc1cc(C)c(Br)c(C)c1. The Morgan fingerprint density at radius 2 is 1.82 bits per heavy atom. The van der Waals surface area contributed by atoms with Crippen LogP contribution in [-0.4, -0.2) is 13.2 Å². The Balaban J connectivity index is 2.14. The molecule has 2 aromatic carbocycles. The Morgan fingerprint density at radius 1 is 1.18 bits per heavy atom. The summed E-state index contributed by atoms with van der Waals surface area (Å²) >= 11 is 9.36. The summed E-state index contributed by atoms with van der Waals surface area (Å²) in [5.74, 6) is 0.941. The second-order valence-electron chi connectivity index (χ2n) is 4.73. The molecular formula is C16H15BrClNO3. The summed E-state index contributed by atoms with van der Waals surface area (Å²) in [4.78, 5) is 12.0. The van der Waals surface area contributed by atoms with E-state index in [-0.39, 0.29) is 0 Å². The molecule has 0 atom stereocenters. The van der Waals surface area contributed by atoms with E-state index in [2.05, 4.69) is 21.2 Å². The first-order valence-electron chi connectivity index (χ1n) is 6.50. The molecule has 0 aromatic heterocycles. The van der Waals surface area contributed by atoms with Crippen molar-refractivity contribution >= 4 is 39.3 Å². The van der Waals surface area contributed by atoms with Crippen LogP contribution in [0.4, 0.5) is 10.5 Å². The molecule has 0 aliphatic heterocycles. The van der Waals surface area contributed by atoms with Crippen LogP contribution in [0.3, 0.4) is 0 Å². The van der Waals surface area contributed by atoms with Crippen molar-refractivity contribution in [1.82, 2.24) is 0 Å². The van der Waals surface area contributed by atoms with Crippen LogP contribution >= 0.6 is 27.5 Å². The molecule has 4 nitrogen and oxygen atoms in total. The fourth-order valence-corrected chi connectivity index (χ4v) is 2.37. The highest BCUT2D eigenvalue weighted by molar-refractivity contribution is 9.10. The van der Waals surface area contributed by atoms with E-state index in [0.29, 0.717) is 22.2 Å². The van der Waals surface area contributed by atoms with E-state index in [0.717, 1.165) is 15.6 Å². The predicted octanol–water partition coefficient (Wildman–Crippen LogP) is 5.34. The number of carbonyl (C=O) groups excluding carboxylic acids is 1. The maximum Gasteiger partial charge on any atom is 0.417 e. The molecular weight excluding hydrogens is 370 g/mol. The standard InChI is InChI=1S/C16H15BrClNO3/c1-9-6-12(7-10(2)15(9)17)22-16(20)19-13-5-4-11(18)8-14(13)21-3/h4-8H,1-3H3,(H,19,20). The number of halogens is 2. The van der Waals surface area contributed by atoms with Gasteiger partial charge in [-0.1, -0.05) is 27.5 Å². The molecule has 22 heavy (non-hydrogen) atoms. The second kappa shape index (κ2) is 7.03. The number of aryl methyl sites for hydroxylation is 2. The van der Waals surface area contributed by atoms with Crippen molar-refractivity contribution in [3.8, 4) is 11.5 Å². The highest BCUT2D eigenvalue weighted by Crippen LogP contribution is 2.29. The smallest absolute Gasteiger partial charge is 0.417 e. The molecule has 0 radical (unpaired) electrons. The normalized spacial score (nSPS) is 10.2. The third kappa shape index (κ3) is 3.93. The topological polar surface area (TPSA) is 47.6 Å². The molecule has 0 aliphatic carbocycles. The van der Waals surface area contributed by atoms with E-state index < -0.39 is 6.09 Å². The number of benzene rings is 2. The van der Waals surface area contributed by atoms with Gasteiger partial charge in [0.15, 0.2) is 0 Å². The van der Waals surface area contributed by atoms with Gasteiger partial charge in [0.05, 0.1) is 12.8 Å². The minimum atomic E-state index is -0.596. The van der Waals surface area contributed by atoms with Gasteiger partial charge in [-0.15, -0.1) is 0 Å². The fraction of sp³-hybridized carbons (Fsp3) is 0.188. The summed E-state index contributed by atoms with van der Waals surface area (Å²) in [6.45, 7) is 3.87. The Labute approximate surface area is 142 Å². The zero-order valence-electron chi connectivity index (χ0n) is 12.4. The molecule has 0 aliphatic rings. The lowest BCUT2D eigenvalue weighted by Crippen LogP contribution is -2.17. The van der Waals surface area contributed by atoms with Crippen LogP contribution in [0, 0.1) is 13.8 Å². The van der Waals surface area contributed by atoms with Gasteiger partial charge in [-0.05, 0) is 49.2 Å². The number of hydrogen-bond acceptors (Lipinski definition) is 3. The van der Waals surface area contributed by atoms with E-state index >= 15 is 0 Å². The van der Waals surface area contributed by atoms with Gasteiger partial charge in [-0.25, -0.2) is 4.79 Å². The zero-order chi connectivity index (χ0) is 16.3. The Kier molecular flexibility index (Phi) is 5.32. The van der Waals surface area contributed by atoms with Crippen LogP contribution in [0.5, 0.6) is 11.5 Å². The van der Waals surface area contributed by atoms with E-state index in [1.807, 2.05) is 13.8 Å². The van der Waals surface area contributed by atoms with Crippen LogP contribution in [-0.2, 0) is 0 Å². The largest absolute Gasteiger partial charge is 0.495 e. The fourth-order valence-electron chi connectivity index (χ4n) is 1.98. The molecule has 0 bridgehead atoms. The number of nitrogens with one attached hydrogen (secondary N) is 1. The summed E-state index contributed by atoms with van der Waals surface area (Å²) < 4.78 is 11.5. The van der Waals surface area contributed by atoms with Crippen LogP contribution in [0.2, 0.25) is 5.02 Å². The molecule has 1 N–H and O–H groups in total. The molecule has 0 heterocycles. The molecule has 2 rings (SSSR count). The van der Waals surface area contributed by atoms with E-state index in [4.69, 9.17) is 21.1 Å². The van der Waals surface area contributed by atoms with Gasteiger partial charge in [-0.2, -0.15) is 0 Å². The minimum absolute atomic E-state index is 0.465. The number of methoxy groups -OCH3 is 1. The Morgan fingerprint density at radius 3 is 2.41 bits per heavy atom. The highest BCUT2D eigenvalue weighted by atomic mass is 79.9. The second-order valence-corrected chi connectivity index (χ2v) is 5.96. The van der Waals surface area contributed by atoms with Crippen LogP contribution in [0.25, 0.3) is 0 Å². The van der Waals surface area contributed by atoms with Crippen molar-refractivity contribution < 1.29 is 14.3 Å². The monoisotopic (exact) mass is 383 g/mol. The first-order valence-corrected chi connectivity index (χ1v) is 7.67. The van der Waals surface area contributed by atoms with Crippen molar-refractivity contribution in [2.45, 2.75) is 13.8 Å². The molecule has 0 saturated heterocycles. The Bertz CT molecular complexity index is 696. The number of ether oxygens (including phenoxy) is 2. The molecule has 116 valence electrons. The summed E-state index contributed by atoms with van der Waals surface area (Å²) in [5.41, 5.74) is 2.47. The lowest BCUT2D eigenvalue weighted by Gasteiger charge is -2.12. The molecule has 2 aromatic rings.